The monoisotopic (exact) mass is 235 g/mol. The van der Waals surface area contributed by atoms with Gasteiger partial charge in [0, 0.05) is 19.3 Å². The molecule has 0 bridgehead atoms. The van der Waals surface area contributed by atoms with Crippen molar-refractivity contribution in [2.45, 2.75) is 43.7 Å². The standard InChI is InChI=1S/C9H14FNO5/c10-4-1-5(2-4)16-7(9(14)15)3-6(11)8(12)13/h4-7H,1-3,11H2,(H,12,13)(H,14,15)/t4?,5?,6-,7?/m0/s1. The predicted molar refractivity (Wildman–Crippen MR) is 50.7 cm³/mol. The molecule has 4 N–H and O–H groups in total. The van der Waals surface area contributed by atoms with Crippen LogP contribution in [0.5, 0.6) is 0 Å². The molecule has 0 aliphatic heterocycles. The zero-order valence-electron chi connectivity index (χ0n) is 8.51. The van der Waals surface area contributed by atoms with Crippen molar-refractivity contribution in [3.8, 4) is 0 Å². The normalized spacial score (nSPS) is 27.9. The van der Waals surface area contributed by atoms with Gasteiger partial charge in [-0.05, 0) is 0 Å². The van der Waals surface area contributed by atoms with E-state index in [9.17, 15) is 14.0 Å². The third kappa shape index (κ3) is 3.42. The fourth-order valence-electron chi connectivity index (χ4n) is 1.39. The predicted octanol–water partition coefficient (Wildman–Crippen LogP) is -0.241. The fraction of sp³-hybridized carbons (Fsp3) is 0.778. The Kier molecular flexibility index (Phi) is 4.19. The van der Waals surface area contributed by atoms with Crippen molar-refractivity contribution in [1.29, 1.82) is 0 Å². The molecule has 6 nitrogen and oxygen atoms in total. The Balaban J connectivity index is 2.42. The molecule has 0 radical (unpaired) electrons. The summed E-state index contributed by atoms with van der Waals surface area (Å²) in [6.07, 6.45) is -2.69. The van der Waals surface area contributed by atoms with Crippen LogP contribution in [-0.4, -0.2) is 46.6 Å². The van der Waals surface area contributed by atoms with Crippen LogP contribution < -0.4 is 5.73 Å². The quantitative estimate of drug-likeness (QED) is 0.586. The molecule has 2 atom stereocenters. The van der Waals surface area contributed by atoms with E-state index in [1.807, 2.05) is 0 Å². The molecule has 1 aliphatic rings. The Labute approximate surface area is 91.2 Å². The van der Waals surface area contributed by atoms with Gasteiger partial charge in [-0.3, -0.25) is 4.79 Å². The Bertz CT molecular complexity index is 279. The Morgan fingerprint density at radius 1 is 1.38 bits per heavy atom. The molecule has 0 aromatic rings. The van der Waals surface area contributed by atoms with E-state index in [0.29, 0.717) is 0 Å². The Morgan fingerprint density at radius 2 is 1.94 bits per heavy atom. The minimum absolute atomic E-state index is 0.159. The maximum absolute atomic E-state index is 12.5. The number of nitrogens with two attached hydrogens (primary N) is 1. The van der Waals surface area contributed by atoms with Crippen LogP contribution in [0.1, 0.15) is 19.3 Å². The zero-order valence-corrected chi connectivity index (χ0v) is 8.51. The van der Waals surface area contributed by atoms with Gasteiger partial charge in [0.25, 0.3) is 0 Å². The van der Waals surface area contributed by atoms with Gasteiger partial charge < -0.3 is 20.7 Å². The Hall–Kier alpha value is -1.21. The lowest BCUT2D eigenvalue weighted by Crippen LogP contribution is -2.43. The van der Waals surface area contributed by atoms with Gasteiger partial charge in [-0.25, -0.2) is 9.18 Å². The molecule has 1 unspecified atom stereocenters. The molecular formula is C9H14FNO5. The molecule has 16 heavy (non-hydrogen) atoms. The molecular weight excluding hydrogens is 221 g/mol. The molecule has 1 fully saturated rings. The summed E-state index contributed by atoms with van der Waals surface area (Å²) in [5, 5.41) is 17.3. The first kappa shape index (κ1) is 12.9. The van der Waals surface area contributed by atoms with Gasteiger partial charge in [0.2, 0.25) is 0 Å². The Morgan fingerprint density at radius 3 is 2.31 bits per heavy atom. The molecule has 0 saturated heterocycles. The van der Waals surface area contributed by atoms with Crippen molar-refractivity contribution in [2.75, 3.05) is 0 Å². The van der Waals surface area contributed by atoms with Gasteiger partial charge in [0.15, 0.2) is 6.10 Å². The van der Waals surface area contributed by atoms with Gasteiger partial charge in [0.05, 0.1) is 6.10 Å². The number of hydrogen-bond donors (Lipinski definition) is 3. The van der Waals surface area contributed by atoms with Crippen LogP contribution in [0.25, 0.3) is 0 Å². The molecule has 0 aromatic heterocycles. The summed E-state index contributed by atoms with van der Waals surface area (Å²) in [6.45, 7) is 0. The fourth-order valence-corrected chi connectivity index (χ4v) is 1.39. The van der Waals surface area contributed by atoms with E-state index in [-0.39, 0.29) is 19.3 Å². The first-order valence-corrected chi connectivity index (χ1v) is 4.91. The highest BCUT2D eigenvalue weighted by Gasteiger charge is 2.35. The topological polar surface area (TPSA) is 110 Å². The van der Waals surface area contributed by atoms with Crippen LogP contribution in [0.4, 0.5) is 4.39 Å². The van der Waals surface area contributed by atoms with Crippen LogP contribution in [0.2, 0.25) is 0 Å². The van der Waals surface area contributed by atoms with Crippen molar-refractivity contribution >= 4 is 11.9 Å². The summed E-state index contributed by atoms with van der Waals surface area (Å²) in [5.41, 5.74) is 5.20. The van der Waals surface area contributed by atoms with Crippen molar-refractivity contribution in [3.63, 3.8) is 0 Å². The van der Waals surface area contributed by atoms with Crippen molar-refractivity contribution in [3.05, 3.63) is 0 Å². The average molecular weight is 235 g/mol. The van der Waals surface area contributed by atoms with Gasteiger partial charge in [-0.15, -0.1) is 0 Å². The molecule has 0 heterocycles. The van der Waals surface area contributed by atoms with E-state index < -0.39 is 36.4 Å². The largest absolute Gasteiger partial charge is 0.480 e. The molecule has 0 spiro atoms. The molecule has 0 amide bonds. The van der Waals surface area contributed by atoms with Crippen LogP contribution in [0.15, 0.2) is 0 Å². The second kappa shape index (κ2) is 5.22. The lowest BCUT2D eigenvalue weighted by Gasteiger charge is -2.32. The number of hydrogen-bond acceptors (Lipinski definition) is 4. The summed E-state index contributed by atoms with van der Waals surface area (Å²) in [6, 6.07) is -1.29. The first-order chi connectivity index (χ1) is 7.40. The molecule has 1 rings (SSSR count). The van der Waals surface area contributed by atoms with Gasteiger partial charge >= 0.3 is 11.9 Å². The average Bonchev–Trinajstić information content (AvgIpc) is 2.13. The highest BCUT2D eigenvalue weighted by Crippen LogP contribution is 2.27. The minimum Gasteiger partial charge on any atom is -0.480 e. The van der Waals surface area contributed by atoms with E-state index in [1.165, 1.54) is 0 Å². The van der Waals surface area contributed by atoms with Crippen LogP contribution in [0.3, 0.4) is 0 Å². The van der Waals surface area contributed by atoms with Crippen LogP contribution in [0, 0.1) is 0 Å². The van der Waals surface area contributed by atoms with Gasteiger partial charge in [-0.1, -0.05) is 0 Å². The third-order valence-electron chi connectivity index (χ3n) is 2.45. The number of ether oxygens (including phenoxy) is 1. The summed E-state index contributed by atoms with van der Waals surface area (Å²) >= 11 is 0. The number of aliphatic carboxylic acids is 2. The van der Waals surface area contributed by atoms with E-state index in [2.05, 4.69) is 0 Å². The maximum Gasteiger partial charge on any atom is 0.332 e. The summed E-state index contributed by atoms with van der Waals surface area (Å²) in [5.74, 6) is -2.56. The van der Waals surface area contributed by atoms with E-state index in [4.69, 9.17) is 20.7 Å². The first-order valence-electron chi connectivity index (χ1n) is 4.91. The lowest BCUT2D eigenvalue weighted by atomic mass is 9.93. The summed E-state index contributed by atoms with van der Waals surface area (Å²) in [7, 11) is 0. The van der Waals surface area contributed by atoms with Gasteiger partial charge in [0.1, 0.15) is 12.2 Å². The number of alkyl halides is 1. The maximum atomic E-state index is 12.5. The number of carbonyl (C=O) groups is 2. The second-order valence-corrected chi connectivity index (χ2v) is 3.83. The second-order valence-electron chi connectivity index (χ2n) is 3.83. The van der Waals surface area contributed by atoms with E-state index in [1.54, 1.807) is 0 Å². The molecule has 92 valence electrons. The number of carboxylic acids is 2. The van der Waals surface area contributed by atoms with Crippen LogP contribution >= 0.6 is 0 Å². The summed E-state index contributed by atoms with van der Waals surface area (Å²) < 4.78 is 17.5. The SMILES string of the molecule is N[C@@H](CC(OC1CC(F)C1)C(=O)O)C(=O)O. The third-order valence-corrected chi connectivity index (χ3v) is 2.45. The highest BCUT2D eigenvalue weighted by atomic mass is 19.1. The number of halogens is 1. The van der Waals surface area contributed by atoms with Crippen molar-refractivity contribution in [2.24, 2.45) is 5.73 Å². The molecule has 0 aromatic carbocycles. The van der Waals surface area contributed by atoms with Crippen molar-refractivity contribution < 1.29 is 28.9 Å². The zero-order chi connectivity index (χ0) is 12.3. The smallest absolute Gasteiger partial charge is 0.332 e. The number of rotatable bonds is 6. The lowest BCUT2D eigenvalue weighted by molar-refractivity contribution is -0.163. The van der Waals surface area contributed by atoms with Crippen LogP contribution in [-0.2, 0) is 14.3 Å². The van der Waals surface area contributed by atoms with Crippen molar-refractivity contribution in [1.82, 2.24) is 0 Å². The number of carboxylic acid groups (broad SMARTS) is 2. The minimum atomic E-state index is -1.29. The van der Waals surface area contributed by atoms with E-state index >= 15 is 0 Å². The molecule has 1 saturated carbocycles. The van der Waals surface area contributed by atoms with Gasteiger partial charge in [-0.2, -0.15) is 0 Å². The summed E-state index contributed by atoms with van der Waals surface area (Å²) in [4.78, 5) is 21.2. The molecule has 7 heteroatoms. The highest BCUT2D eigenvalue weighted by molar-refractivity contribution is 5.76. The van der Waals surface area contributed by atoms with E-state index in [0.717, 1.165) is 0 Å². The molecule has 1 aliphatic carbocycles.